The van der Waals surface area contributed by atoms with Gasteiger partial charge >= 0.3 is 0 Å². The molecule has 0 spiro atoms. The van der Waals surface area contributed by atoms with E-state index >= 15 is 0 Å². The van der Waals surface area contributed by atoms with Gasteiger partial charge in [-0.25, -0.2) is 4.68 Å². The highest BCUT2D eigenvalue weighted by atomic mass is 35.5. The van der Waals surface area contributed by atoms with Crippen LogP contribution in [0.5, 0.6) is 0 Å². The standard InChI is InChI=1S/C12H14ClN3O2/c13-6-10-5-11(15-18-10)9-7-14-16(8-9)12-3-1-2-4-17-12/h5,7-8,12H,1-4,6H2. The van der Waals surface area contributed by atoms with E-state index in [0.29, 0.717) is 11.6 Å². The topological polar surface area (TPSA) is 53.1 Å². The van der Waals surface area contributed by atoms with Crippen LogP contribution < -0.4 is 0 Å². The van der Waals surface area contributed by atoms with Crippen molar-refractivity contribution >= 4 is 11.6 Å². The SMILES string of the molecule is ClCc1cc(-c2cnn(C3CCCCO3)c2)no1. The summed E-state index contributed by atoms with van der Waals surface area (Å²) in [6.07, 6.45) is 7.08. The Hall–Kier alpha value is -1.33. The minimum Gasteiger partial charge on any atom is -0.359 e. The summed E-state index contributed by atoms with van der Waals surface area (Å²) in [7, 11) is 0. The average Bonchev–Trinajstić information content (AvgIpc) is 3.08. The van der Waals surface area contributed by atoms with Gasteiger partial charge < -0.3 is 9.26 Å². The maximum Gasteiger partial charge on any atom is 0.152 e. The number of nitrogens with zero attached hydrogens (tertiary/aromatic N) is 3. The van der Waals surface area contributed by atoms with Crippen molar-refractivity contribution in [3.05, 3.63) is 24.2 Å². The average molecular weight is 268 g/mol. The van der Waals surface area contributed by atoms with Gasteiger partial charge in [0.25, 0.3) is 0 Å². The second-order valence-electron chi connectivity index (χ2n) is 4.34. The van der Waals surface area contributed by atoms with E-state index in [9.17, 15) is 0 Å². The zero-order chi connectivity index (χ0) is 12.4. The number of aromatic nitrogens is 3. The van der Waals surface area contributed by atoms with Crippen molar-refractivity contribution in [2.75, 3.05) is 6.61 Å². The number of ether oxygens (including phenoxy) is 1. The van der Waals surface area contributed by atoms with Crippen LogP contribution in [0.1, 0.15) is 31.3 Å². The first-order valence-electron chi connectivity index (χ1n) is 6.04. The fourth-order valence-corrected chi connectivity index (χ4v) is 2.20. The highest BCUT2D eigenvalue weighted by Crippen LogP contribution is 2.25. The van der Waals surface area contributed by atoms with Crippen molar-refractivity contribution in [1.29, 1.82) is 0 Å². The van der Waals surface area contributed by atoms with Crippen LogP contribution in [0.4, 0.5) is 0 Å². The van der Waals surface area contributed by atoms with Crippen LogP contribution in [0, 0.1) is 0 Å². The lowest BCUT2D eigenvalue weighted by Crippen LogP contribution is -2.18. The normalized spacial score (nSPS) is 20.2. The molecule has 0 aromatic carbocycles. The first kappa shape index (κ1) is 11.7. The fourth-order valence-electron chi connectivity index (χ4n) is 2.07. The van der Waals surface area contributed by atoms with Gasteiger partial charge in [-0.1, -0.05) is 5.16 Å². The summed E-state index contributed by atoms with van der Waals surface area (Å²) in [4.78, 5) is 0. The number of alkyl halides is 1. The molecule has 0 amide bonds. The molecule has 2 aromatic heterocycles. The fraction of sp³-hybridized carbons (Fsp3) is 0.500. The number of rotatable bonds is 3. The van der Waals surface area contributed by atoms with E-state index in [1.807, 2.05) is 16.9 Å². The molecule has 6 heteroatoms. The van der Waals surface area contributed by atoms with Crippen molar-refractivity contribution < 1.29 is 9.26 Å². The molecule has 0 radical (unpaired) electrons. The summed E-state index contributed by atoms with van der Waals surface area (Å²) >= 11 is 5.68. The van der Waals surface area contributed by atoms with E-state index in [2.05, 4.69) is 10.3 Å². The largest absolute Gasteiger partial charge is 0.359 e. The Kier molecular flexibility index (Phi) is 3.34. The second-order valence-corrected chi connectivity index (χ2v) is 4.61. The molecule has 1 atom stereocenters. The molecular formula is C12H14ClN3O2. The summed E-state index contributed by atoms with van der Waals surface area (Å²) in [6.45, 7) is 0.806. The predicted molar refractivity (Wildman–Crippen MR) is 66.1 cm³/mol. The third-order valence-corrected chi connectivity index (χ3v) is 3.30. The first-order chi connectivity index (χ1) is 8.86. The van der Waals surface area contributed by atoms with E-state index < -0.39 is 0 Å². The predicted octanol–water partition coefficient (Wildman–Crippen LogP) is 2.98. The Labute approximate surface area is 110 Å². The van der Waals surface area contributed by atoms with Crippen LogP contribution in [0.3, 0.4) is 0 Å². The summed E-state index contributed by atoms with van der Waals surface area (Å²) < 4.78 is 12.6. The van der Waals surface area contributed by atoms with Gasteiger partial charge in [-0.05, 0) is 19.3 Å². The molecule has 2 aromatic rings. The van der Waals surface area contributed by atoms with Crippen LogP contribution in [0.25, 0.3) is 11.3 Å². The van der Waals surface area contributed by atoms with Crippen molar-refractivity contribution in [3.63, 3.8) is 0 Å². The lowest BCUT2D eigenvalue weighted by atomic mass is 10.2. The quantitative estimate of drug-likeness (QED) is 0.802. The maximum absolute atomic E-state index is 5.68. The van der Waals surface area contributed by atoms with E-state index in [1.165, 1.54) is 6.42 Å². The van der Waals surface area contributed by atoms with Gasteiger partial charge in [0.15, 0.2) is 5.76 Å². The highest BCUT2D eigenvalue weighted by Gasteiger charge is 2.17. The maximum atomic E-state index is 5.68. The highest BCUT2D eigenvalue weighted by molar-refractivity contribution is 6.16. The number of hydrogen-bond donors (Lipinski definition) is 0. The molecule has 0 saturated carbocycles. The van der Waals surface area contributed by atoms with E-state index in [1.54, 1.807) is 6.20 Å². The molecule has 3 rings (SSSR count). The zero-order valence-electron chi connectivity index (χ0n) is 9.88. The van der Waals surface area contributed by atoms with Gasteiger partial charge in [0.1, 0.15) is 11.9 Å². The third-order valence-electron chi connectivity index (χ3n) is 3.04. The van der Waals surface area contributed by atoms with Gasteiger partial charge in [-0.3, -0.25) is 0 Å². The third kappa shape index (κ3) is 2.28. The monoisotopic (exact) mass is 267 g/mol. The molecule has 0 N–H and O–H groups in total. The van der Waals surface area contributed by atoms with Gasteiger partial charge in [-0.2, -0.15) is 5.10 Å². The molecule has 96 valence electrons. The Morgan fingerprint density at radius 3 is 3.11 bits per heavy atom. The summed E-state index contributed by atoms with van der Waals surface area (Å²) in [5, 5.41) is 8.29. The van der Waals surface area contributed by atoms with Crippen LogP contribution in [0.2, 0.25) is 0 Å². The molecule has 5 nitrogen and oxygen atoms in total. The van der Waals surface area contributed by atoms with Gasteiger partial charge in [-0.15, -0.1) is 11.6 Å². The molecule has 0 aliphatic carbocycles. The number of hydrogen-bond acceptors (Lipinski definition) is 4. The van der Waals surface area contributed by atoms with Gasteiger partial charge in [0.2, 0.25) is 0 Å². The number of halogens is 1. The molecule has 0 bridgehead atoms. The zero-order valence-corrected chi connectivity index (χ0v) is 10.6. The molecule has 1 aliphatic heterocycles. The van der Waals surface area contributed by atoms with Crippen LogP contribution in [-0.4, -0.2) is 21.5 Å². The van der Waals surface area contributed by atoms with Crippen LogP contribution in [0.15, 0.2) is 23.0 Å². The van der Waals surface area contributed by atoms with E-state index in [0.717, 1.165) is 30.7 Å². The van der Waals surface area contributed by atoms with E-state index in [-0.39, 0.29) is 6.23 Å². The van der Waals surface area contributed by atoms with Gasteiger partial charge in [0, 0.05) is 24.4 Å². The van der Waals surface area contributed by atoms with Crippen molar-refractivity contribution in [2.24, 2.45) is 0 Å². The Morgan fingerprint density at radius 1 is 1.44 bits per heavy atom. The van der Waals surface area contributed by atoms with Crippen molar-refractivity contribution in [2.45, 2.75) is 31.4 Å². The van der Waals surface area contributed by atoms with Crippen molar-refractivity contribution in [3.8, 4) is 11.3 Å². The molecule has 18 heavy (non-hydrogen) atoms. The minimum atomic E-state index is 0.0481. The summed E-state index contributed by atoms with van der Waals surface area (Å²) in [5.74, 6) is 0.987. The second kappa shape index (κ2) is 5.12. The minimum absolute atomic E-state index is 0.0481. The summed E-state index contributed by atoms with van der Waals surface area (Å²) in [6, 6.07) is 1.83. The Balaban J connectivity index is 1.79. The van der Waals surface area contributed by atoms with Gasteiger partial charge in [0.05, 0.1) is 12.1 Å². The van der Waals surface area contributed by atoms with Crippen molar-refractivity contribution in [1.82, 2.24) is 14.9 Å². The molecule has 1 fully saturated rings. The Morgan fingerprint density at radius 2 is 2.39 bits per heavy atom. The van der Waals surface area contributed by atoms with E-state index in [4.69, 9.17) is 20.9 Å². The summed E-state index contributed by atoms with van der Waals surface area (Å²) in [5.41, 5.74) is 1.68. The first-order valence-corrected chi connectivity index (χ1v) is 6.58. The molecule has 1 aliphatic rings. The lowest BCUT2D eigenvalue weighted by molar-refractivity contribution is -0.0394. The lowest BCUT2D eigenvalue weighted by Gasteiger charge is -2.22. The molecule has 3 heterocycles. The van der Waals surface area contributed by atoms with Crippen LogP contribution in [-0.2, 0) is 10.6 Å². The van der Waals surface area contributed by atoms with Crippen LogP contribution >= 0.6 is 11.6 Å². The Bertz CT molecular complexity index is 517. The molecule has 1 saturated heterocycles. The molecule has 1 unspecified atom stereocenters. The smallest absolute Gasteiger partial charge is 0.152 e. The molecular weight excluding hydrogens is 254 g/mol.